The molecule has 1 heterocycles. The summed E-state index contributed by atoms with van der Waals surface area (Å²) in [4.78, 5) is 25.0. The molecule has 0 aliphatic carbocycles. The van der Waals surface area contributed by atoms with E-state index in [9.17, 15) is 9.59 Å². The number of ether oxygens (including phenoxy) is 2. The summed E-state index contributed by atoms with van der Waals surface area (Å²) in [6.07, 6.45) is 0.466. The smallest absolute Gasteiger partial charge is 0.338 e. The lowest BCUT2D eigenvalue weighted by Gasteiger charge is -2.11. The lowest BCUT2D eigenvalue weighted by Crippen LogP contribution is -2.11. The molecule has 130 valence electrons. The van der Waals surface area contributed by atoms with Gasteiger partial charge in [-0.2, -0.15) is 0 Å². The van der Waals surface area contributed by atoms with Gasteiger partial charge >= 0.3 is 5.97 Å². The number of hydrogen-bond acceptors (Lipinski definition) is 5. The van der Waals surface area contributed by atoms with Crippen molar-refractivity contribution >= 4 is 29.3 Å². The third-order valence-corrected chi connectivity index (χ3v) is 4.78. The zero-order valence-electron chi connectivity index (χ0n) is 13.9. The highest BCUT2D eigenvalue weighted by Crippen LogP contribution is 2.31. The fourth-order valence-corrected chi connectivity index (χ4v) is 3.43. The number of fused-ring (bicyclic) bond motifs is 1. The first-order chi connectivity index (χ1) is 12.2. The molecule has 0 bridgehead atoms. The number of carbonyl (C=O) groups excluding carboxylic acids is 2. The van der Waals surface area contributed by atoms with Gasteiger partial charge in [0, 0.05) is 22.6 Å². The molecule has 2 aromatic carbocycles. The van der Waals surface area contributed by atoms with Gasteiger partial charge in [-0.15, -0.1) is 11.8 Å². The largest absolute Gasteiger partial charge is 0.493 e. The average molecular weight is 357 g/mol. The average Bonchev–Trinajstić information content (AvgIpc) is 2.80. The molecular weight excluding hydrogens is 338 g/mol. The maximum atomic E-state index is 12.4. The molecule has 1 aliphatic heterocycles. The van der Waals surface area contributed by atoms with Crippen LogP contribution in [0.1, 0.15) is 29.3 Å². The number of esters is 1. The fraction of sp³-hybridized carbons (Fsp3) is 0.263. The highest BCUT2D eigenvalue weighted by molar-refractivity contribution is 7.99. The van der Waals surface area contributed by atoms with Crippen LogP contribution in [0.15, 0.2) is 47.4 Å². The van der Waals surface area contributed by atoms with Crippen LogP contribution in [0.25, 0.3) is 0 Å². The summed E-state index contributed by atoms with van der Waals surface area (Å²) < 4.78 is 10.9. The van der Waals surface area contributed by atoms with E-state index in [0.29, 0.717) is 30.0 Å². The number of rotatable bonds is 5. The minimum absolute atomic E-state index is 0.0394. The quantitative estimate of drug-likeness (QED) is 0.823. The second-order valence-corrected chi connectivity index (χ2v) is 6.61. The molecule has 0 radical (unpaired) electrons. The van der Waals surface area contributed by atoms with Crippen molar-refractivity contribution in [2.45, 2.75) is 24.8 Å². The number of anilines is 1. The van der Waals surface area contributed by atoms with Gasteiger partial charge in [0.1, 0.15) is 12.4 Å². The molecule has 0 unspecified atom stereocenters. The van der Waals surface area contributed by atoms with E-state index in [-0.39, 0.29) is 12.5 Å². The first-order valence-electron chi connectivity index (χ1n) is 8.12. The van der Waals surface area contributed by atoms with Gasteiger partial charge in [-0.1, -0.05) is 18.2 Å². The van der Waals surface area contributed by atoms with E-state index in [2.05, 4.69) is 5.32 Å². The molecule has 0 spiro atoms. The van der Waals surface area contributed by atoms with Gasteiger partial charge in [-0.3, -0.25) is 4.79 Å². The summed E-state index contributed by atoms with van der Waals surface area (Å²) >= 11 is 1.60. The summed E-state index contributed by atoms with van der Waals surface area (Å²) in [6.45, 7) is 2.59. The first kappa shape index (κ1) is 17.4. The second kappa shape index (κ2) is 8.07. The van der Waals surface area contributed by atoms with Crippen molar-refractivity contribution in [2.75, 3.05) is 17.7 Å². The van der Waals surface area contributed by atoms with Gasteiger partial charge < -0.3 is 14.8 Å². The molecule has 6 heteroatoms. The van der Waals surface area contributed by atoms with Crippen LogP contribution in [0.5, 0.6) is 5.75 Å². The van der Waals surface area contributed by atoms with Crippen LogP contribution < -0.4 is 10.1 Å². The van der Waals surface area contributed by atoms with E-state index in [1.807, 2.05) is 37.3 Å². The van der Waals surface area contributed by atoms with Crippen molar-refractivity contribution in [3.63, 3.8) is 0 Å². The number of carbonyl (C=O) groups is 2. The van der Waals surface area contributed by atoms with Crippen LogP contribution >= 0.6 is 11.8 Å². The summed E-state index contributed by atoms with van der Waals surface area (Å²) in [5.41, 5.74) is 1.89. The van der Waals surface area contributed by atoms with Crippen molar-refractivity contribution in [3.05, 3.63) is 53.6 Å². The lowest BCUT2D eigenvalue weighted by atomic mass is 10.2. The standard InChI is InChI=1S/C19H19NO4S/c1-2-23-16-6-4-3-5-14(16)12-24-19(22)13-7-8-17-15(11-13)20-18(21)9-10-25-17/h3-8,11H,2,9-10,12H2,1H3,(H,20,21). The molecule has 0 atom stereocenters. The minimum Gasteiger partial charge on any atom is -0.493 e. The van der Waals surface area contributed by atoms with Crippen LogP contribution in [0, 0.1) is 0 Å². The van der Waals surface area contributed by atoms with Crippen LogP contribution in [0.3, 0.4) is 0 Å². The topological polar surface area (TPSA) is 64.6 Å². The predicted molar refractivity (Wildman–Crippen MR) is 97.1 cm³/mol. The Hall–Kier alpha value is -2.47. The number of hydrogen-bond donors (Lipinski definition) is 1. The second-order valence-electron chi connectivity index (χ2n) is 5.47. The van der Waals surface area contributed by atoms with Crippen molar-refractivity contribution in [1.82, 2.24) is 0 Å². The number of nitrogens with one attached hydrogen (secondary N) is 1. The van der Waals surface area contributed by atoms with E-state index in [1.54, 1.807) is 23.9 Å². The molecule has 1 aliphatic rings. The Morgan fingerprint density at radius 1 is 1.24 bits per heavy atom. The van der Waals surface area contributed by atoms with Gasteiger partial charge in [-0.25, -0.2) is 4.79 Å². The molecule has 2 aromatic rings. The highest BCUT2D eigenvalue weighted by atomic mass is 32.2. The zero-order valence-corrected chi connectivity index (χ0v) is 14.7. The third kappa shape index (κ3) is 4.33. The minimum atomic E-state index is -0.433. The molecule has 0 aromatic heterocycles. The SMILES string of the molecule is CCOc1ccccc1COC(=O)c1ccc2c(c1)NC(=O)CCS2. The fourth-order valence-electron chi connectivity index (χ4n) is 2.49. The molecule has 1 amide bonds. The van der Waals surface area contributed by atoms with Gasteiger partial charge in [0.05, 0.1) is 17.9 Å². The Morgan fingerprint density at radius 2 is 2.08 bits per heavy atom. The maximum absolute atomic E-state index is 12.4. The van der Waals surface area contributed by atoms with Crippen molar-refractivity contribution in [2.24, 2.45) is 0 Å². The Bertz CT molecular complexity index is 791. The lowest BCUT2D eigenvalue weighted by molar-refractivity contribution is -0.115. The van der Waals surface area contributed by atoms with Crippen molar-refractivity contribution < 1.29 is 19.1 Å². The molecule has 3 rings (SSSR count). The van der Waals surface area contributed by atoms with E-state index < -0.39 is 5.97 Å². The van der Waals surface area contributed by atoms with E-state index in [1.165, 1.54) is 0 Å². The van der Waals surface area contributed by atoms with Crippen LogP contribution in [0.2, 0.25) is 0 Å². The third-order valence-electron chi connectivity index (χ3n) is 3.71. The van der Waals surface area contributed by atoms with Gasteiger partial charge in [-0.05, 0) is 31.2 Å². The molecule has 0 fully saturated rings. The van der Waals surface area contributed by atoms with Crippen LogP contribution in [-0.2, 0) is 16.1 Å². The molecule has 5 nitrogen and oxygen atoms in total. The van der Waals surface area contributed by atoms with Crippen molar-refractivity contribution in [1.29, 1.82) is 0 Å². The normalized spacial score (nSPS) is 13.4. The monoisotopic (exact) mass is 357 g/mol. The van der Waals surface area contributed by atoms with E-state index in [0.717, 1.165) is 16.2 Å². The summed E-state index contributed by atoms with van der Waals surface area (Å²) in [5, 5.41) is 2.83. The van der Waals surface area contributed by atoms with Crippen molar-refractivity contribution in [3.8, 4) is 5.75 Å². The summed E-state index contributed by atoms with van der Waals surface area (Å²) in [7, 11) is 0. The van der Waals surface area contributed by atoms with E-state index in [4.69, 9.17) is 9.47 Å². The molecule has 1 N–H and O–H groups in total. The highest BCUT2D eigenvalue weighted by Gasteiger charge is 2.17. The van der Waals surface area contributed by atoms with Gasteiger partial charge in [0.15, 0.2) is 0 Å². The predicted octanol–water partition coefficient (Wildman–Crippen LogP) is 3.88. The number of amides is 1. The molecule has 0 saturated heterocycles. The Morgan fingerprint density at radius 3 is 2.92 bits per heavy atom. The summed E-state index contributed by atoms with van der Waals surface area (Å²) in [6, 6.07) is 12.7. The first-order valence-corrected chi connectivity index (χ1v) is 9.10. The number of benzene rings is 2. The summed E-state index contributed by atoms with van der Waals surface area (Å²) in [5.74, 6) is 0.972. The van der Waals surface area contributed by atoms with Crippen LogP contribution in [0.4, 0.5) is 5.69 Å². The van der Waals surface area contributed by atoms with Gasteiger partial charge in [0.2, 0.25) is 5.91 Å². The Kier molecular flexibility index (Phi) is 5.60. The Balaban J connectivity index is 1.71. The number of thioether (sulfide) groups is 1. The molecule has 25 heavy (non-hydrogen) atoms. The maximum Gasteiger partial charge on any atom is 0.338 e. The Labute approximate surface area is 150 Å². The molecule has 0 saturated carbocycles. The molecular formula is C19H19NO4S. The van der Waals surface area contributed by atoms with E-state index >= 15 is 0 Å². The van der Waals surface area contributed by atoms with Gasteiger partial charge in [0.25, 0.3) is 0 Å². The van der Waals surface area contributed by atoms with Crippen LogP contribution in [-0.4, -0.2) is 24.2 Å². The number of para-hydroxylation sites is 1. The zero-order chi connectivity index (χ0) is 17.6.